The van der Waals surface area contributed by atoms with Gasteiger partial charge in [-0.25, -0.2) is 13.1 Å². The smallest absolute Gasteiger partial charge is 0.273 e. The molecule has 1 amide bonds. The fourth-order valence-electron chi connectivity index (χ4n) is 3.31. The average molecular weight is 438 g/mol. The predicted octanol–water partition coefficient (Wildman–Crippen LogP) is 3.97. The van der Waals surface area contributed by atoms with Crippen molar-refractivity contribution < 1.29 is 13.2 Å². The summed E-state index contributed by atoms with van der Waals surface area (Å²) in [6.07, 6.45) is 8.51. The van der Waals surface area contributed by atoms with Crippen molar-refractivity contribution in [3.05, 3.63) is 89.2 Å². The molecule has 0 bridgehead atoms. The first kappa shape index (κ1) is 20.1. The van der Waals surface area contributed by atoms with Gasteiger partial charge in [-0.05, 0) is 47.2 Å². The predicted molar refractivity (Wildman–Crippen MR) is 119 cm³/mol. The van der Waals surface area contributed by atoms with Crippen LogP contribution in [0.3, 0.4) is 0 Å². The quantitative estimate of drug-likeness (QED) is 0.463. The zero-order chi connectivity index (χ0) is 21.1. The van der Waals surface area contributed by atoms with Crippen LogP contribution in [-0.2, 0) is 21.4 Å². The number of aromatic nitrogens is 2. The number of rotatable bonds is 6. The Morgan fingerprint density at radius 2 is 2.07 bits per heavy atom. The summed E-state index contributed by atoms with van der Waals surface area (Å²) in [6.45, 7) is 2.68. The van der Waals surface area contributed by atoms with Crippen molar-refractivity contribution in [3.63, 3.8) is 0 Å². The number of thiophene rings is 1. The first-order valence-electron chi connectivity index (χ1n) is 9.20. The van der Waals surface area contributed by atoms with E-state index in [1.165, 1.54) is 12.1 Å². The third-order valence-corrected chi connectivity index (χ3v) is 7.36. The summed E-state index contributed by atoms with van der Waals surface area (Å²) in [4.78, 5) is 16.4. The molecule has 4 rings (SSSR count). The second-order valence-corrected chi connectivity index (χ2v) is 9.64. The van der Waals surface area contributed by atoms with Crippen molar-refractivity contribution in [1.29, 1.82) is 0 Å². The summed E-state index contributed by atoms with van der Waals surface area (Å²) < 4.78 is 28.7. The Hall–Kier alpha value is -3.23. The van der Waals surface area contributed by atoms with Crippen molar-refractivity contribution in [2.24, 2.45) is 0 Å². The van der Waals surface area contributed by atoms with Crippen molar-refractivity contribution >= 4 is 44.2 Å². The summed E-state index contributed by atoms with van der Waals surface area (Å²) in [6, 6.07) is 12.8. The summed E-state index contributed by atoms with van der Waals surface area (Å²) >= 11 is 1.06. The zero-order valence-electron chi connectivity index (χ0n) is 16.1. The van der Waals surface area contributed by atoms with Crippen LogP contribution in [-0.4, -0.2) is 23.9 Å². The minimum absolute atomic E-state index is 0.104. The van der Waals surface area contributed by atoms with Crippen LogP contribution in [0, 0.1) is 6.92 Å². The molecule has 1 N–H and O–H groups in total. The molecule has 0 saturated heterocycles. The standard InChI is InChI=1S/C22H19N3O3S2/c1-16-14-25(15-17-5-3-11-23-13-17)22-18(6-2-7-19(16)22)9-10-20(26)24-30(27,28)21-8-4-12-29-21/h2-14H,15H2,1H3,(H,24,26)/b10-9+. The number of amides is 1. The largest absolute Gasteiger partial charge is 0.342 e. The molecule has 0 atom stereocenters. The van der Waals surface area contributed by atoms with Gasteiger partial charge in [-0.3, -0.25) is 9.78 Å². The van der Waals surface area contributed by atoms with E-state index in [2.05, 4.69) is 20.5 Å². The molecule has 8 heteroatoms. The highest BCUT2D eigenvalue weighted by Crippen LogP contribution is 2.26. The van der Waals surface area contributed by atoms with E-state index in [0.717, 1.165) is 38.9 Å². The van der Waals surface area contributed by atoms with E-state index in [0.29, 0.717) is 6.54 Å². The number of hydrogen-bond donors (Lipinski definition) is 1. The fraction of sp³-hybridized carbons (Fsp3) is 0.0909. The van der Waals surface area contributed by atoms with Crippen LogP contribution < -0.4 is 4.72 Å². The van der Waals surface area contributed by atoms with Crippen LogP contribution in [0.1, 0.15) is 16.7 Å². The summed E-state index contributed by atoms with van der Waals surface area (Å²) in [7, 11) is -3.85. The highest BCUT2D eigenvalue weighted by atomic mass is 32.2. The lowest BCUT2D eigenvalue weighted by atomic mass is 10.1. The highest BCUT2D eigenvalue weighted by Gasteiger charge is 2.17. The van der Waals surface area contributed by atoms with Crippen LogP contribution in [0.5, 0.6) is 0 Å². The van der Waals surface area contributed by atoms with Gasteiger partial charge in [0, 0.05) is 36.6 Å². The van der Waals surface area contributed by atoms with Gasteiger partial charge in [-0.15, -0.1) is 11.3 Å². The minimum atomic E-state index is -3.85. The lowest BCUT2D eigenvalue weighted by Crippen LogP contribution is -2.28. The SMILES string of the molecule is Cc1cn(Cc2cccnc2)c2c(/C=C/C(=O)NS(=O)(=O)c3cccs3)cccc12. The summed E-state index contributed by atoms with van der Waals surface area (Å²) in [5, 5.41) is 2.72. The second-order valence-electron chi connectivity index (χ2n) is 6.78. The number of nitrogens with one attached hydrogen (secondary N) is 1. The molecule has 152 valence electrons. The van der Waals surface area contributed by atoms with Crippen molar-refractivity contribution in [2.45, 2.75) is 17.7 Å². The first-order chi connectivity index (χ1) is 14.4. The van der Waals surface area contributed by atoms with E-state index < -0.39 is 15.9 Å². The highest BCUT2D eigenvalue weighted by molar-refractivity contribution is 7.92. The normalized spacial score (nSPS) is 11.9. The van der Waals surface area contributed by atoms with Crippen LogP contribution >= 0.6 is 11.3 Å². The molecule has 0 spiro atoms. The van der Waals surface area contributed by atoms with Gasteiger partial charge in [-0.2, -0.15) is 0 Å². The molecule has 0 aliphatic heterocycles. The Balaban J connectivity index is 1.63. The average Bonchev–Trinajstić information content (AvgIpc) is 3.37. The van der Waals surface area contributed by atoms with Gasteiger partial charge in [0.1, 0.15) is 4.21 Å². The van der Waals surface area contributed by atoms with Gasteiger partial charge in [0.05, 0.1) is 5.52 Å². The van der Waals surface area contributed by atoms with Crippen LogP contribution in [0.15, 0.2) is 76.7 Å². The number of aryl methyl sites for hydroxylation is 1. The molecular weight excluding hydrogens is 418 g/mol. The van der Waals surface area contributed by atoms with E-state index in [9.17, 15) is 13.2 Å². The number of hydrogen-bond acceptors (Lipinski definition) is 5. The Bertz CT molecular complexity index is 1320. The number of para-hydroxylation sites is 1. The molecule has 0 aliphatic carbocycles. The maximum atomic E-state index is 12.3. The third-order valence-electron chi connectivity index (χ3n) is 4.61. The Labute approximate surface area is 178 Å². The number of pyridine rings is 1. The zero-order valence-corrected chi connectivity index (χ0v) is 17.8. The van der Waals surface area contributed by atoms with E-state index in [1.54, 1.807) is 23.7 Å². The number of fused-ring (bicyclic) bond motifs is 1. The molecule has 3 aromatic heterocycles. The molecule has 3 heterocycles. The van der Waals surface area contributed by atoms with Gasteiger partial charge in [0.25, 0.3) is 15.9 Å². The molecule has 4 aromatic rings. The lowest BCUT2D eigenvalue weighted by molar-refractivity contribution is -0.114. The molecule has 0 aliphatic rings. The third kappa shape index (κ3) is 4.19. The van der Waals surface area contributed by atoms with Gasteiger partial charge in [0.15, 0.2) is 0 Å². The molecule has 0 unspecified atom stereocenters. The van der Waals surface area contributed by atoms with Gasteiger partial charge in [-0.1, -0.05) is 30.3 Å². The first-order valence-corrected chi connectivity index (χ1v) is 11.6. The Morgan fingerprint density at radius 1 is 1.20 bits per heavy atom. The van der Waals surface area contributed by atoms with Crippen LogP contribution in [0.2, 0.25) is 0 Å². The van der Waals surface area contributed by atoms with Gasteiger partial charge in [0.2, 0.25) is 0 Å². The second kappa shape index (κ2) is 8.25. The van der Waals surface area contributed by atoms with E-state index in [-0.39, 0.29) is 4.21 Å². The summed E-state index contributed by atoms with van der Waals surface area (Å²) in [5.74, 6) is -0.692. The Kier molecular flexibility index (Phi) is 5.52. The molecule has 0 radical (unpaired) electrons. The molecule has 30 heavy (non-hydrogen) atoms. The van der Waals surface area contributed by atoms with Gasteiger partial charge >= 0.3 is 0 Å². The fourth-order valence-corrected chi connectivity index (χ4v) is 5.25. The maximum absolute atomic E-state index is 12.3. The minimum Gasteiger partial charge on any atom is -0.342 e. The topological polar surface area (TPSA) is 81.1 Å². The monoisotopic (exact) mass is 437 g/mol. The van der Waals surface area contributed by atoms with Crippen molar-refractivity contribution in [3.8, 4) is 0 Å². The molecule has 6 nitrogen and oxygen atoms in total. The molecular formula is C22H19N3O3S2. The van der Waals surface area contributed by atoms with Crippen LogP contribution in [0.25, 0.3) is 17.0 Å². The number of carbonyl (C=O) groups excluding carboxylic acids is 1. The van der Waals surface area contributed by atoms with Gasteiger partial charge < -0.3 is 4.57 Å². The number of benzene rings is 1. The molecule has 0 saturated carbocycles. The number of sulfonamides is 1. The molecule has 0 fully saturated rings. The number of nitrogens with zero attached hydrogens (tertiary/aromatic N) is 2. The van der Waals surface area contributed by atoms with Crippen LogP contribution in [0.4, 0.5) is 0 Å². The Morgan fingerprint density at radius 3 is 2.80 bits per heavy atom. The van der Waals surface area contributed by atoms with Crippen molar-refractivity contribution in [1.82, 2.24) is 14.3 Å². The van der Waals surface area contributed by atoms with Crippen molar-refractivity contribution in [2.75, 3.05) is 0 Å². The maximum Gasteiger partial charge on any atom is 0.273 e. The van der Waals surface area contributed by atoms with E-state index in [4.69, 9.17) is 0 Å². The summed E-state index contributed by atoms with van der Waals surface area (Å²) in [5.41, 5.74) is 3.99. The number of carbonyl (C=O) groups is 1. The van der Waals surface area contributed by atoms with E-state index >= 15 is 0 Å². The lowest BCUT2D eigenvalue weighted by Gasteiger charge is -2.08. The van der Waals surface area contributed by atoms with E-state index in [1.807, 2.05) is 43.5 Å². The molecule has 1 aromatic carbocycles.